The van der Waals surface area contributed by atoms with Gasteiger partial charge in [0.05, 0.1) is 19.3 Å². The molecule has 0 radical (unpaired) electrons. The molecule has 29 heavy (non-hydrogen) atoms. The fraction of sp³-hybridized carbons (Fsp3) is 0.700. The highest BCUT2D eigenvalue weighted by molar-refractivity contribution is 14.0. The van der Waals surface area contributed by atoms with E-state index in [2.05, 4.69) is 53.4 Å². The molecule has 0 aromatic carbocycles. The predicted octanol–water partition coefficient (Wildman–Crippen LogP) is 2.33. The number of hydrogen-bond acceptors (Lipinski definition) is 5. The van der Waals surface area contributed by atoms with Crippen molar-refractivity contribution in [2.24, 2.45) is 10.9 Å². The number of ether oxygens (including phenoxy) is 1. The zero-order valence-electron chi connectivity index (χ0n) is 18.2. The van der Waals surface area contributed by atoms with Crippen LogP contribution in [0.5, 0.6) is 0 Å². The van der Waals surface area contributed by atoms with E-state index < -0.39 is 0 Å². The molecule has 1 aliphatic heterocycles. The standard InChI is InChI=1S/C20H35N5O2S.HI/c1-15(2)12-21-20(23-14-19(26)24(4)5)22-13-17(18-7-6-16(3)28-18)25-8-10-27-11-9-25;/h6-7,15,17H,8-14H2,1-5H3,(H2,21,22,23);1H. The van der Waals surface area contributed by atoms with Crippen molar-refractivity contribution in [1.29, 1.82) is 0 Å². The molecule has 1 aromatic heterocycles. The second-order valence-corrected chi connectivity index (χ2v) is 9.04. The zero-order valence-corrected chi connectivity index (χ0v) is 21.4. The summed E-state index contributed by atoms with van der Waals surface area (Å²) in [4.78, 5) is 23.1. The SMILES string of the molecule is Cc1ccc(C(CNC(=NCC(=O)N(C)C)NCC(C)C)N2CCOCC2)s1.I. The molecular weight excluding hydrogens is 501 g/mol. The van der Waals surface area contributed by atoms with Crippen LogP contribution in [0.2, 0.25) is 0 Å². The number of aliphatic imine (C=N–C) groups is 1. The molecule has 2 heterocycles. The first-order chi connectivity index (χ1) is 13.4. The lowest BCUT2D eigenvalue weighted by molar-refractivity contribution is -0.127. The number of thiophene rings is 1. The molecule has 1 fully saturated rings. The summed E-state index contributed by atoms with van der Waals surface area (Å²) in [6, 6.07) is 4.66. The summed E-state index contributed by atoms with van der Waals surface area (Å²) in [6.07, 6.45) is 0. The highest BCUT2D eigenvalue weighted by Gasteiger charge is 2.24. The molecule has 1 aliphatic rings. The van der Waals surface area contributed by atoms with Crippen molar-refractivity contribution in [1.82, 2.24) is 20.4 Å². The van der Waals surface area contributed by atoms with Gasteiger partial charge in [-0.1, -0.05) is 13.8 Å². The van der Waals surface area contributed by atoms with Gasteiger partial charge in [-0.25, -0.2) is 4.99 Å². The second-order valence-electron chi connectivity index (χ2n) is 7.72. The minimum absolute atomic E-state index is 0. The maximum Gasteiger partial charge on any atom is 0.243 e. The van der Waals surface area contributed by atoms with Gasteiger partial charge in [-0.2, -0.15) is 0 Å². The average molecular weight is 538 g/mol. The van der Waals surface area contributed by atoms with Crippen molar-refractivity contribution in [3.8, 4) is 0 Å². The highest BCUT2D eigenvalue weighted by Crippen LogP contribution is 2.27. The van der Waals surface area contributed by atoms with Gasteiger partial charge in [0.1, 0.15) is 6.54 Å². The maximum atomic E-state index is 11.9. The van der Waals surface area contributed by atoms with Crippen LogP contribution < -0.4 is 10.6 Å². The lowest BCUT2D eigenvalue weighted by Gasteiger charge is -2.34. The predicted molar refractivity (Wildman–Crippen MR) is 131 cm³/mol. The normalized spacial score (nSPS) is 16.3. The minimum Gasteiger partial charge on any atom is -0.379 e. The van der Waals surface area contributed by atoms with E-state index in [0.717, 1.165) is 39.4 Å². The van der Waals surface area contributed by atoms with Crippen molar-refractivity contribution in [2.45, 2.75) is 26.8 Å². The Morgan fingerprint density at radius 2 is 1.90 bits per heavy atom. The van der Waals surface area contributed by atoms with E-state index in [9.17, 15) is 4.79 Å². The fourth-order valence-electron chi connectivity index (χ4n) is 2.89. The molecule has 1 saturated heterocycles. The number of guanidine groups is 1. The summed E-state index contributed by atoms with van der Waals surface area (Å²) in [7, 11) is 3.50. The number of carbonyl (C=O) groups is 1. The van der Waals surface area contributed by atoms with E-state index in [1.807, 2.05) is 11.3 Å². The molecule has 2 rings (SSSR count). The summed E-state index contributed by atoms with van der Waals surface area (Å²) in [5.41, 5.74) is 0. The lowest BCUT2D eigenvalue weighted by Crippen LogP contribution is -2.47. The van der Waals surface area contributed by atoms with Crippen LogP contribution in [0.3, 0.4) is 0 Å². The Morgan fingerprint density at radius 3 is 2.45 bits per heavy atom. The number of hydrogen-bond donors (Lipinski definition) is 2. The number of nitrogens with one attached hydrogen (secondary N) is 2. The Kier molecular flexibility index (Phi) is 12.1. The summed E-state index contributed by atoms with van der Waals surface area (Å²) in [5.74, 6) is 1.17. The Balaban J connectivity index is 0.00000420. The molecule has 1 amide bonds. The molecule has 166 valence electrons. The number of amides is 1. The summed E-state index contributed by atoms with van der Waals surface area (Å²) >= 11 is 1.84. The van der Waals surface area contributed by atoms with Crippen molar-refractivity contribution in [2.75, 3.05) is 60.0 Å². The molecule has 1 atom stereocenters. The van der Waals surface area contributed by atoms with Crippen LogP contribution in [0.15, 0.2) is 17.1 Å². The minimum atomic E-state index is -0.00995. The quantitative estimate of drug-likeness (QED) is 0.303. The molecule has 0 bridgehead atoms. The van der Waals surface area contributed by atoms with Crippen LogP contribution in [-0.2, 0) is 9.53 Å². The number of morpholine rings is 1. The lowest BCUT2D eigenvalue weighted by atomic mass is 10.2. The maximum absolute atomic E-state index is 11.9. The van der Waals surface area contributed by atoms with E-state index in [0.29, 0.717) is 11.9 Å². The third kappa shape index (κ3) is 9.18. The number of likely N-dealkylation sites (N-methyl/N-ethyl adjacent to an activating group) is 1. The monoisotopic (exact) mass is 537 g/mol. The number of nitrogens with zero attached hydrogens (tertiary/aromatic N) is 3. The molecule has 0 spiro atoms. The van der Waals surface area contributed by atoms with E-state index in [-0.39, 0.29) is 42.5 Å². The molecule has 7 nitrogen and oxygen atoms in total. The van der Waals surface area contributed by atoms with Gasteiger partial charge in [-0.3, -0.25) is 9.69 Å². The van der Waals surface area contributed by atoms with Gasteiger partial charge in [0.15, 0.2) is 5.96 Å². The third-order valence-corrected chi connectivity index (χ3v) is 5.69. The second kappa shape index (κ2) is 13.4. The first kappa shape index (κ1) is 26.1. The van der Waals surface area contributed by atoms with Crippen LogP contribution in [0.1, 0.15) is 29.6 Å². The topological polar surface area (TPSA) is 69.2 Å². The number of aryl methyl sites for hydroxylation is 1. The van der Waals surface area contributed by atoms with Crippen molar-refractivity contribution in [3.63, 3.8) is 0 Å². The van der Waals surface area contributed by atoms with Gasteiger partial charge >= 0.3 is 0 Å². The van der Waals surface area contributed by atoms with Crippen molar-refractivity contribution < 1.29 is 9.53 Å². The van der Waals surface area contributed by atoms with Crippen LogP contribution >= 0.6 is 35.3 Å². The van der Waals surface area contributed by atoms with Crippen LogP contribution in [-0.4, -0.2) is 81.7 Å². The number of carbonyl (C=O) groups excluding carboxylic acids is 1. The average Bonchev–Trinajstić information content (AvgIpc) is 3.09. The fourth-order valence-corrected chi connectivity index (χ4v) is 3.90. The number of halogens is 1. The van der Waals surface area contributed by atoms with Gasteiger partial charge in [-0.15, -0.1) is 35.3 Å². The number of rotatable bonds is 8. The first-order valence-corrected chi connectivity index (χ1v) is 10.8. The Labute approximate surface area is 196 Å². The Bertz CT molecular complexity index is 645. The highest BCUT2D eigenvalue weighted by atomic mass is 127. The van der Waals surface area contributed by atoms with Crippen molar-refractivity contribution in [3.05, 3.63) is 21.9 Å². The molecule has 0 aliphatic carbocycles. The summed E-state index contributed by atoms with van der Waals surface area (Å²) in [6.45, 7) is 11.5. The Hall–Kier alpha value is -0.910. The smallest absolute Gasteiger partial charge is 0.243 e. The van der Waals surface area contributed by atoms with Gasteiger partial charge in [0, 0.05) is 50.0 Å². The molecule has 2 N–H and O–H groups in total. The van der Waals surface area contributed by atoms with E-state index in [4.69, 9.17) is 4.74 Å². The van der Waals surface area contributed by atoms with Gasteiger partial charge in [0.2, 0.25) is 5.91 Å². The van der Waals surface area contributed by atoms with E-state index >= 15 is 0 Å². The van der Waals surface area contributed by atoms with Gasteiger partial charge in [0.25, 0.3) is 0 Å². The van der Waals surface area contributed by atoms with Crippen LogP contribution in [0.25, 0.3) is 0 Å². The zero-order chi connectivity index (χ0) is 20.5. The van der Waals surface area contributed by atoms with E-state index in [1.165, 1.54) is 9.75 Å². The third-order valence-electron chi connectivity index (χ3n) is 4.59. The first-order valence-electron chi connectivity index (χ1n) is 9.97. The molecule has 9 heteroatoms. The van der Waals surface area contributed by atoms with Crippen LogP contribution in [0, 0.1) is 12.8 Å². The molecule has 0 saturated carbocycles. The summed E-state index contributed by atoms with van der Waals surface area (Å²) in [5, 5.41) is 6.82. The summed E-state index contributed by atoms with van der Waals surface area (Å²) < 4.78 is 5.53. The molecular formula is C20H36IN5O2S. The molecule has 1 unspecified atom stereocenters. The van der Waals surface area contributed by atoms with Gasteiger partial charge < -0.3 is 20.3 Å². The van der Waals surface area contributed by atoms with Crippen LogP contribution in [0.4, 0.5) is 0 Å². The van der Waals surface area contributed by atoms with E-state index in [1.54, 1.807) is 19.0 Å². The van der Waals surface area contributed by atoms with Crippen molar-refractivity contribution >= 4 is 47.2 Å². The Morgan fingerprint density at radius 1 is 1.24 bits per heavy atom. The van der Waals surface area contributed by atoms with Gasteiger partial charge in [-0.05, 0) is 25.0 Å². The molecule has 1 aromatic rings. The largest absolute Gasteiger partial charge is 0.379 e.